The van der Waals surface area contributed by atoms with Gasteiger partial charge in [-0.15, -0.1) is 0 Å². The number of nitriles is 1. The average molecular weight is 283 g/mol. The van der Waals surface area contributed by atoms with E-state index in [2.05, 4.69) is 47.1 Å². The van der Waals surface area contributed by atoms with Gasteiger partial charge in [-0.25, -0.2) is 0 Å². The Hall–Kier alpha value is -1.53. The molecule has 2 unspecified atom stereocenters. The third kappa shape index (κ3) is 3.22. The van der Waals surface area contributed by atoms with Gasteiger partial charge in [0, 0.05) is 37.9 Å². The highest BCUT2D eigenvalue weighted by Gasteiger charge is 2.32. The summed E-state index contributed by atoms with van der Waals surface area (Å²) in [4.78, 5) is 5.05. The zero-order valence-corrected chi connectivity index (χ0v) is 13.0. The number of hydrogen-bond donors (Lipinski definition) is 0. The molecule has 3 rings (SSSR count). The van der Waals surface area contributed by atoms with Crippen molar-refractivity contribution in [3.05, 3.63) is 29.8 Å². The highest BCUT2D eigenvalue weighted by atomic mass is 15.3. The molecule has 0 radical (unpaired) electrons. The quantitative estimate of drug-likeness (QED) is 0.835. The number of anilines is 1. The maximum absolute atomic E-state index is 9.37. The van der Waals surface area contributed by atoms with Crippen LogP contribution in [0.25, 0.3) is 0 Å². The second-order valence-corrected chi connectivity index (χ2v) is 6.45. The molecule has 1 aromatic rings. The van der Waals surface area contributed by atoms with Crippen LogP contribution in [0.4, 0.5) is 5.69 Å². The molecule has 1 aliphatic carbocycles. The van der Waals surface area contributed by atoms with Crippen molar-refractivity contribution in [2.45, 2.75) is 38.6 Å². The molecule has 0 amide bonds. The van der Waals surface area contributed by atoms with Crippen LogP contribution in [0.1, 0.15) is 31.2 Å². The van der Waals surface area contributed by atoms with E-state index in [1.165, 1.54) is 30.5 Å². The van der Waals surface area contributed by atoms with E-state index in [4.69, 9.17) is 0 Å². The Morgan fingerprint density at radius 1 is 1.10 bits per heavy atom. The number of hydrogen-bond acceptors (Lipinski definition) is 3. The molecule has 1 saturated carbocycles. The summed E-state index contributed by atoms with van der Waals surface area (Å²) in [5.74, 6) is 0.254. The molecule has 21 heavy (non-hydrogen) atoms. The van der Waals surface area contributed by atoms with Crippen molar-refractivity contribution in [3.63, 3.8) is 0 Å². The fourth-order valence-electron chi connectivity index (χ4n) is 3.84. The first-order valence-electron chi connectivity index (χ1n) is 8.23. The van der Waals surface area contributed by atoms with Crippen LogP contribution < -0.4 is 4.90 Å². The molecular weight excluding hydrogens is 258 g/mol. The Morgan fingerprint density at radius 3 is 2.57 bits per heavy atom. The Balaban J connectivity index is 1.61. The van der Waals surface area contributed by atoms with Gasteiger partial charge in [-0.05, 0) is 37.5 Å². The summed E-state index contributed by atoms with van der Waals surface area (Å²) in [6, 6.07) is 11.8. The molecule has 3 nitrogen and oxygen atoms in total. The van der Waals surface area contributed by atoms with Crippen molar-refractivity contribution < 1.29 is 0 Å². The molecule has 2 atom stereocenters. The minimum absolute atomic E-state index is 0.254. The SMILES string of the molecule is Cc1cccc(N2CCN(C3CCCCC3C#N)CC2)c1. The van der Waals surface area contributed by atoms with Gasteiger partial charge in [0.1, 0.15) is 0 Å². The van der Waals surface area contributed by atoms with E-state index in [9.17, 15) is 5.26 Å². The van der Waals surface area contributed by atoms with Crippen LogP contribution in [-0.2, 0) is 0 Å². The Morgan fingerprint density at radius 2 is 1.86 bits per heavy atom. The second kappa shape index (κ2) is 6.49. The third-order valence-corrected chi connectivity index (χ3v) is 5.05. The summed E-state index contributed by atoms with van der Waals surface area (Å²) in [5, 5.41) is 9.37. The predicted molar refractivity (Wildman–Crippen MR) is 86.3 cm³/mol. The van der Waals surface area contributed by atoms with Crippen LogP contribution in [0.5, 0.6) is 0 Å². The minimum atomic E-state index is 0.254. The van der Waals surface area contributed by atoms with Crippen molar-refractivity contribution in [1.29, 1.82) is 5.26 Å². The third-order valence-electron chi connectivity index (χ3n) is 5.05. The van der Waals surface area contributed by atoms with Gasteiger partial charge in [0.2, 0.25) is 0 Å². The topological polar surface area (TPSA) is 30.3 Å². The van der Waals surface area contributed by atoms with E-state index in [-0.39, 0.29) is 5.92 Å². The molecule has 0 spiro atoms. The summed E-state index contributed by atoms with van der Waals surface area (Å²) < 4.78 is 0. The van der Waals surface area contributed by atoms with Crippen LogP contribution in [0, 0.1) is 24.2 Å². The molecule has 1 heterocycles. The van der Waals surface area contributed by atoms with Crippen molar-refractivity contribution in [1.82, 2.24) is 4.90 Å². The lowest BCUT2D eigenvalue weighted by molar-refractivity contribution is 0.120. The standard InChI is InChI=1S/C18H25N3/c1-15-5-4-7-17(13-15)20-9-11-21(12-10-20)18-8-3-2-6-16(18)14-19/h4-5,7,13,16,18H,2-3,6,8-12H2,1H3. The monoisotopic (exact) mass is 283 g/mol. The van der Waals surface area contributed by atoms with Crippen LogP contribution in [0.3, 0.4) is 0 Å². The predicted octanol–water partition coefficient (Wildman–Crippen LogP) is 3.20. The molecule has 1 aromatic carbocycles. The normalized spacial score (nSPS) is 27.3. The lowest BCUT2D eigenvalue weighted by atomic mass is 9.84. The summed E-state index contributed by atoms with van der Waals surface area (Å²) in [5.41, 5.74) is 2.67. The molecule has 0 aromatic heterocycles. The minimum Gasteiger partial charge on any atom is -0.369 e. The van der Waals surface area contributed by atoms with Gasteiger partial charge in [0.25, 0.3) is 0 Å². The number of piperazine rings is 1. The van der Waals surface area contributed by atoms with Gasteiger partial charge in [0.15, 0.2) is 0 Å². The molecule has 0 bridgehead atoms. The Kier molecular flexibility index (Phi) is 4.45. The smallest absolute Gasteiger partial charge is 0.0672 e. The van der Waals surface area contributed by atoms with Crippen LogP contribution in [0.15, 0.2) is 24.3 Å². The van der Waals surface area contributed by atoms with Crippen molar-refractivity contribution in [2.24, 2.45) is 5.92 Å². The molecule has 1 saturated heterocycles. The van der Waals surface area contributed by atoms with Crippen LogP contribution in [0.2, 0.25) is 0 Å². The van der Waals surface area contributed by atoms with Gasteiger partial charge in [0.05, 0.1) is 12.0 Å². The summed E-state index contributed by atoms with van der Waals surface area (Å²) in [6.07, 6.45) is 4.83. The Bertz CT molecular complexity index is 511. The van der Waals surface area contributed by atoms with Crippen molar-refractivity contribution >= 4 is 5.69 Å². The number of nitrogens with zero attached hydrogens (tertiary/aromatic N) is 3. The van der Waals surface area contributed by atoms with Gasteiger partial charge < -0.3 is 4.90 Å². The number of rotatable bonds is 2. The highest BCUT2D eigenvalue weighted by Crippen LogP contribution is 2.29. The molecule has 0 N–H and O–H groups in total. The maximum atomic E-state index is 9.37. The lowest BCUT2D eigenvalue weighted by Gasteiger charge is -2.43. The first-order valence-corrected chi connectivity index (χ1v) is 8.23. The summed E-state index contributed by atoms with van der Waals surface area (Å²) >= 11 is 0. The van der Waals surface area contributed by atoms with Crippen LogP contribution in [-0.4, -0.2) is 37.1 Å². The molecule has 3 heteroatoms. The van der Waals surface area contributed by atoms with Crippen molar-refractivity contribution in [2.75, 3.05) is 31.1 Å². The van der Waals surface area contributed by atoms with Gasteiger partial charge in [-0.2, -0.15) is 5.26 Å². The largest absolute Gasteiger partial charge is 0.369 e. The lowest BCUT2D eigenvalue weighted by Crippen LogP contribution is -2.53. The van der Waals surface area contributed by atoms with Crippen molar-refractivity contribution in [3.8, 4) is 6.07 Å². The van der Waals surface area contributed by atoms with E-state index >= 15 is 0 Å². The van der Waals surface area contributed by atoms with Gasteiger partial charge in [-0.1, -0.05) is 25.0 Å². The van der Waals surface area contributed by atoms with E-state index in [0.29, 0.717) is 6.04 Å². The average Bonchev–Trinajstić information content (AvgIpc) is 2.55. The van der Waals surface area contributed by atoms with E-state index in [0.717, 1.165) is 32.6 Å². The van der Waals surface area contributed by atoms with E-state index < -0.39 is 0 Å². The van der Waals surface area contributed by atoms with Gasteiger partial charge >= 0.3 is 0 Å². The first-order chi connectivity index (χ1) is 10.3. The fourth-order valence-corrected chi connectivity index (χ4v) is 3.84. The van der Waals surface area contributed by atoms with Gasteiger partial charge in [-0.3, -0.25) is 4.90 Å². The maximum Gasteiger partial charge on any atom is 0.0672 e. The highest BCUT2D eigenvalue weighted by molar-refractivity contribution is 5.48. The molecule has 2 fully saturated rings. The second-order valence-electron chi connectivity index (χ2n) is 6.45. The summed E-state index contributed by atoms with van der Waals surface area (Å²) in [7, 11) is 0. The molecule has 1 aliphatic heterocycles. The van der Waals surface area contributed by atoms with Crippen LogP contribution >= 0.6 is 0 Å². The summed E-state index contributed by atoms with van der Waals surface area (Å²) in [6.45, 7) is 6.50. The number of aryl methyl sites for hydroxylation is 1. The zero-order valence-electron chi connectivity index (χ0n) is 13.0. The fraction of sp³-hybridized carbons (Fsp3) is 0.611. The number of benzene rings is 1. The first kappa shape index (κ1) is 14.4. The molecular formula is C18H25N3. The Labute approximate surface area is 128 Å². The molecule has 2 aliphatic rings. The zero-order chi connectivity index (χ0) is 14.7. The van der Waals surface area contributed by atoms with E-state index in [1.54, 1.807) is 0 Å². The van der Waals surface area contributed by atoms with E-state index in [1.807, 2.05) is 0 Å². The molecule has 112 valence electrons.